The first-order chi connectivity index (χ1) is 7.04. The lowest BCUT2D eigenvalue weighted by Gasteiger charge is -2.10. The minimum absolute atomic E-state index is 0.0191. The fraction of sp³-hybridized carbons (Fsp3) is 0.462. The van der Waals surface area contributed by atoms with Crippen molar-refractivity contribution in [2.24, 2.45) is 5.92 Å². The molecule has 0 saturated carbocycles. The first kappa shape index (κ1) is 12.4. The summed E-state index contributed by atoms with van der Waals surface area (Å²) in [6, 6.07) is 6.21. The summed E-state index contributed by atoms with van der Waals surface area (Å²) in [6.07, 6.45) is 2.04. The zero-order valence-electron chi connectivity index (χ0n) is 9.46. The van der Waals surface area contributed by atoms with E-state index >= 15 is 0 Å². The highest BCUT2D eigenvalue weighted by Crippen LogP contribution is 2.24. The molecule has 1 atom stereocenters. The molecule has 0 saturated heterocycles. The summed E-state index contributed by atoms with van der Waals surface area (Å²) in [5.41, 5.74) is 2.39. The molecule has 2 heteroatoms. The van der Waals surface area contributed by atoms with E-state index in [-0.39, 0.29) is 5.92 Å². The molecule has 0 aliphatic carbocycles. The van der Waals surface area contributed by atoms with E-state index in [1.807, 2.05) is 13.0 Å². The van der Waals surface area contributed by atoms with Gasteiger partial charge in [-0.25, -0.2) is 0 Å². The van der Waals surface area contributed by atoms with Crippen LogP contribution in [0.25, 0.3) is 0 Å². The van der Waals surface area contributed by atoms with Crippen LogP contribution in [0.3, 0.4) is 0 Å². The Morgan fingerprint density at radius 2 is 2.00 bits per heavy atom. The van der Waals surface area contributed by atoms with Gasteiger partial charge in [-0.1, -0.05) is 48.8 Å². The summed E-state index contributed by atoms with van der Waals surface area (Å²) in [5.74, 6) is 0.630. The van der Waals surface area contributed by atoms with Crippen LogP contribution in [0.5, 0.6) is 0 Å². The predicted molar refractivity (Wildman–Crippen MR) is 67.2 cm³/mol. The minimum Gasteiger partial charge on any atom is -0.303 e. The molecule has 0 amide bonds. The lowest BCUT2D eigenvalue weighted by Crippen LogP contribution is -1.98. The van der Waals surface area contributed by atoms with Gasteiger partial charge in [-0.05, 0) is 29.5 Å². The van der Waals surface area contributed by atoms with Crippen molar-refractivity contribution in [2.75, 3.05) is 0 Å². The molecule has 0 aliphatic rings. The highest BCUT2D eigenvalue weighted by molar-refractivity contribution is 9.10. The van der Waals surface area contributed by atoms with Crippen molar-refractivity contribution in [2.45, 2.75) is 33.1 Å². The van der Waals surface area contributed by atoms with Crippen LogP contribution in [0.15, 0.2) is 22.7 Å². The average molecular weight is 269 g/mol. The molecule has 0 bridgehead atoms. The molecule has 1 nitrogen and oxygen atoms in total. The van der Waals surface area contributed by atoms with Crippen molar-refractivity contribution in [3.63, 3.8) is 0 Å². The monoisotopic (exact) mass is 268 g/mol. The van der Waals surface area contributed by atoms with Gasteiger partial charge in [-0.15, -0.1) is 0 Å². The topological polar surface area (TPSA) is 17.1 Å². The molecule has 0 radical (unpaired) electrons. The third-order valence-corrected chi connectivity index (χ3v) is 3.17. The molecule has 1 rings (SSSR count). The van der Waals surface area contributed by atoms with Gasteiger partial charge in [0.25, 0.3) is 0 Å². The van der Waals surface area contributed by atoms with Gasteiger partial charge in [0.1, 0.15) is 6.29 Å². The fourth-order valence-electron chi connectivity index (χ4n) is 1.53. The highest BCUT2D eigenvalue weighted by atomic mass is 79.9. The van der Waals surface area contributed by atoms with Crippen molar-refractivity contribution >= 4 is 22.2 Å². The zero-order chi connectivity index (χ0) is 11.4. The Morgan fingerprint density at radius 1 is 1.33 bits per heavy atom. The molecule has 1 unspecified atom stereocenters. The average Bonchev–Trinajstić information content (AvgIpc) is 2.19. The molecule has 0 fully saturated rings. The standard InChI is InChI=1S/C13H17BrO/c1-9(2)6-12-5-4-11(7-13(12)14)10(3)8-15/h4-5,7-10H,6H2,1-3H3. The summed E-state index contributed by atoms with van der Waals surface area (Å²) in [5, 5.41) is 0. The van der Waals surface area contributed by atoms with Crippen molar-refractivity contribution < 1.29 is 4.79 Å². The van der Waals surface area contributed by atoms with Gasteiger partial charge >= 0.3 is 0 Å². The maximum atomic E-state index is 10.7. The normalized spacial score (nSPS) is 12.9. The number of benzene rings is 1. The number of halogens is 1. The zero-order valence-corrected chi connectivity index (χ0v) is 11.0. The van der Waals surface area contributed by atoms with E-state index < -0.39 is 0 Å². The van der Waals surface area contributed by atoms with E-state index in [9.17, 15) is 4.79 Å². The highest BCUT2D eigenvalue weighted by Gasteiger charge is 2.07. The van der Waals surface area contributed by atoms with Gasteiger partial charge in [0.15, 0.2) is 0 Å². The second kappa shape index (κ2) is 5.45. The first-order valence-corrected chi connectivity index (χ1v) is 6.07. The molecule has 0 N–H and O–H groups in total. The van der Waals surface area contributed by atoms with Crippen molar-refractivity contribution in [1.82, 2.24) is 0 Å². The van der Waals surface area contributed by atoms with E-state index in [2.05, 4.69) is 41.9 Å². The molecule has 0 spiro atoms. The summed E-state index contributed by atoms with van der Waals surface area (Å²) >= 11 is 3.56. The molecule has 0 aliphatic heterocycles. The molecule has 1 aromatic carbocycles. The van der Waals surface area contributed by atoms with Crippen molar-refractivity contribution in [3.8, 4) is 0 Å². The number of rotatable bonds is 4. The Labute approximate surface area is 100 Å². The fourth-order valence-corrected chi connectivity index (χ4v) is 2.09. The van der Waals surface area contributed by atoms with E-state index in [0.29, 0.717) is 5.92 Å². The molecule has 1 aromatic rings. The van der Waals surface area contributed by atoms with Crippen LogP contribution < -0.4 is 0 Å². The number of carbonyl (C=O) groups is 1. The SMILES string of the molecule is CC(C)Cc1ccc(C(C)C=O)cc1Br. The van der Waals surface area contributed by atoms with Gasteiger partial charge in [0.05, 0.1) is 0 Å². The van der Waals surface area contributed by atoms with Gasteiger partial charge < -0.3 is 4.79 Å². The summed E-state index contributed by atoms with van der Waals surface area (Å²) in [6.45, 7) is 6.32. The number of aldehydes is 1. The Morgan fingerprint density at radius 3 is 2.47 bits per heavy atom. The number of carbonyl (C=O) groups excluding carboxylic acids is 1. The molecule has 0 heterocycles. The van der Waals surface area contributed by atoms with E-state index in [0.717, 1.165) is 22.7 Å². The third-order valence-electron chi connectivity index (χ3n) is 2.44. The van der Waals surface area contributed by atoms with Crippen LogP contribution in [0, 0.1) is 5.92 Å². The van der Waals surface area contributed by atoms with Crippen LogP contribution >= 0.6 is 15.9 Å². The van der Waals surface area contributed by atoms with E-state index in [1.54, 1.807) is 0 Å². The lowest BCUT2D eigenvalue weighted by molar-refractivity contribution is -0.108. The quantitative estimate of drug-likeness (QED) is 0.756. The molecule has 15 heavy (non-hydrogen) atoms. The first-order valence-electron chi connectivity index (χ1n) is 5.28. The summed E-state index contributed by atoms with van der Waals surface area (Å²) < 4.78 is 1.11. The second-order valence-electron chi connectivity index (χ2n) is 4.37. The molecule has 82 valence electrons. The summed E-state index contributed by atoms with van der Waals surface area (Å²) in [4.78, 5) is 10.7. The van der Waals surface area contributed by atoms with Crippen LogP contribution in [0.1, 0.15) is 37.8 Å². The Bertz CT molecular complexity index is 344. The molecular weight excluding hydrogens is 252 g/mol. The smallest absolute Gasteiger partial charge is 0.127 e. The van der Waals surface area contributed by atoms with E-state index in [4.69, 9.17) is 0 Å². The van der Waals surface area contributed by atoms with Crippen LogP contribution in [0.4, 0.5) is 0 Å². The Kier molecular flexibility index (Phi) is 4.52. The maximum absolute atomic E-state index is 10.7. The van der Waals surface area contributed by atoms with Crippen LogP contribution in [0.2, 0.25) is 0 Å². The summed E-state index contributed by atoms with van der Waals surface area (Å²) in [7, 11) is 0. The van der Waals surface area contributed by atoms with Crippen molar-refractivity contribution in [1.29, 1.82) is 0 Å². The largest absolute Gasteiger partial charge is 0.303 e. The van der Waals surface area contributed by atoms with E-state index in [1.165, 1.54) is 5.56 Å². The Balaban J connectivity index is 2.92. The number of hydrogen-bond acceptors (Lipinski definition) is 1. The van der Waals surface area contributed by atoms with Gasteiger partial charge in [-0.3, -0.25) is 0 Å². The van der Waals surface area contributed by atoms with Gasteiger partial charge in [0, 0.05) is 10.4 Å². The van der Waals surface area contributed by atoms with Crippen LogP contribution in [-0.4, -0.2) is 6.29 Å². The lowest BCUT2D eigenvalue weighted by atomic mass is 9.97. The van der Waals surface area contributed by atoms with Crippen molar-refractivity contribution in [3.05, 3.63) is 33.8 Å². The third kappa shape index (κ3) is 3.45. The molecular formula is C13H17BrO. The number of hydrogen-bond donors (Lipinski definition) is 0. The predicted octanol–water partition coefficient (Wildman–Crippen LogP) is 3.95. The van der Waals surface area contributed by atoms with Crippen LogP contribution in [-0.2, 0) is 11.2 Å². The van der Waals surface area contributed by atoms with Gasteiger partial charge in [0.2, 0.25) is 0 Å². The Hall–Kier alpha value is -0.630. The minimum atomic E-state index is -0.0191. The van der Waals surface area contributed by atoms with Gasteiger partial charge in [-0.2, -0.15) is 0 Å². The molecule has 0 aromatic heterocycles. The maximum Gasteiger partial charge on any atom is 0.127 e. The second-order valence-corrected chi connectivity index (χ2v) is 5.23.